The Labute approximate surface area is 101 Å². The summed E-state index contributed by atoms with van der Waals surface area (Å²) in [7, 11) is 0. The summed E-state index contributed by atoms with van der Waals surface area (Å²) >= 11 is 1.84. The van der Waals surface area contributed by atoms with Gasteiger partial charge < -0.3 is 20.4 Å². The molecule has 0 amide bonds. The minimum atomic E-state index is -1.41. The third-order valence-corrected chi connectivity index (χ3v) is 3.60. The third-order valence-electron chi connectivity index (χ3n) is 1.51. The third kappa shape index (κ3) is 7.80. The Morgan fingerprint density at radius 2 is 1.19 bits per heavy atom. The Bertz CT molecular complexity index is 211. The van der Waals surface area contributed by atoms with E-state index in [4.69, 9.17) is 20.4 Å². The molecule has 6 nitrogen and oxygen atoms in total. The Balaban J connectivity index is 3.34. The summed E-state index contributed by atoms with van der Waals surface area (Å²) < 4.78 is 0. The molecule has 0 heterocycles. The standard InChI is InChI=1S/C8H14O6S2/c9-5(10)7(13)15-3-1-2-4-16-8(14)6(11)12/h7-8,13-14H,1-4H2,(H,9,10)(H,11,12). The van der Waals surface area contributed by atoms with Crippen LogP contribution in [0.5, 0.6) is 0 Å². The van der Waals surface area contributed by atoms with Crippen molar-refractivity contribution in [3.8, 4) is 0 Å². The highest BCUT2D eigenvalue weighted by Crippen LogP contribution is 2.14. The summed E-state index contributed by atoms with van der Waals surface area (Å²) in [6, 6.07) is 0. The first kappa shape index (κ1) is 15.6. The van der Waals surface area contributed by atoms with Crippen molar-refractivity contribution in [2.45, 2.75) is 23.7 Å². The van der Waals surface area contributed by atoms with Crippen LogP contribution in [-0.2, 0) is 9.59 Å². The van der Waals surface area contributed by atoms with Gasteiger partial charge in [-0.25, -0.2) is 9.59 Å². The molecular weight excluding hydrogens is 256 g/mol. The first-order chi connectivity index (χ1) is 7.45. The van der Waals surface area contributed by atoms with Crippen LogP contribution < -0.4 is 0 Å². The minimum Gasteiger partial charge on any atom is -0.479 e. The second kappa shape index (κ2) is 8.68. The van der Waals surface area contributed by atoms with Gasteiger partial charge in [-0.2, -0.15) is 0 Å². The monoisotopic (exact) mass is 270 g/mol. The van der Waals surface area contributed by atoms with Crippen molar-refractivity contribution >= 4 is 35.5 Å². The number of rotatable bonds is 9. The maximum atomic E-state index is 10.2. The first-order valence-electron chi connectivity index (χ1n) is 4.50. The second-order valence-corrected chi connectivity index (χ2v) is 5.21. The van der Waals surface area contributed by atoms with Crippen molar-refractivity contribution in [1.82, 2.24) is 0 Å². The van der Waals surface area contributed by atoms with Gasteiger partial charge in [-0.3, -0.25) is 0 Å². The largest absolute Gasteiger partial charge is 0.479 e. The molecule has 0 bridgehead atoms. The molecule has 0 saturated heterocycles. The predicted octanol–water partition coefficient (Wildman–Crippen LogP) is 0.0390. The van der Waals surface area contributed by atoms with Gasteiger partial charge in [0.2, 0.25) is 0 Å². The van der Waals surface area contributed by atoms with Crippen molar-refractivity contribution in [3.05, 3.63) is 0 Å². The molecule has 94 valence electrons. The Kier molecular flexibility index (Phi) is 8.44. The number of carboxylic acid groups (broad SMARTS) is 2. The van der Waals surface area contributed by atoms with E-state index in [0.29, 0.717) is 24.3 Å². The van der Waals surface area contributed by atoms with E-state index in [-0.39, 0.29) is 0 Å². The lowest BCUT2D eigenvalue weighted by Crippen LogP contribution is -2.16. The number of hydrogen-bond acceptors (Lipinski definition) is 6. The Morgan fingerprint density at radius 3 is 1.44 bits per heavy atom. The number of aliphatic carboxylic acids is 2. The SMILES string of the molecule is O=C(O)C(O)SCCCCSC(O)C(=O)O. The Hall–Kier alpha value is -0.440. The molecule has 0 aliphatic rings. The van der Waals surface area contributed by atoms with Gasteiger partial charge in [-0.1, -0.05) is 0 Å². The molecule has 0 radical (unpaired) electrons. The molecule has 0 aliphatic carbocycles. The van der Waals surface area contributed by atoms with Crippen molar-refractivity contribution in [3.63, 3.8) is 0 Å². The molecule has 16 heavy (non-hydrogen) atoms. The van der Waals surface area contributed by atoms with Crippen LogP contribution >= 0.6 is 23.5 Å². The van der Waals surface area contributed by atoms with Crippen molar-refractivity contribution in [2.75, 3.05) is 11.5 Å². The lowest BCUT2D eigenvalue weighted by Gasteiger charge is -2.06. The zero-order valence-corrected chi connectivity index (χ0v) is 10.0. The number of carboxylic acids is 2. The average molecular weight is 270 g/mol. The van der Waals surface area contributed by atoms with Crippen molar-refractivity contribution < 1.29 is 30.0 Å². The van der Waals surface area contributed by atoms with Gasteiger partial charge in [-0.05, 0) is 24.3 Å². The fraction of sp³-hybridized carbons (Fsp3) is 0.750. The molecule has 0 rings (SSSR count). The molecule has 0 aromatic carbocycles. The number of thioether (sulfide) groups is 2. The Morgan fingerprint density at radius 1 is 0.875 bits per heavy atom. The summed E-state index contributed by atoms with van der Waals surface area (Å²) in [5, 5.41) is 34.5. The number of aliphatic hydroxyl groups is 2. The molecule has 2 unspecified atom stereocenters. The topological polar surface area (TPSA) is 115 Å². The van der Waals surface area contributed by atoms with Crippen molar-refractivity contribution in [1.29, 1.82) is 0 Å². The van der Waals surface area contributed by atoms with Gasteiger partial charge in [0.05, 0.1) is 0 Å². The molecule has 4 N–H and O–H groups in total. The minimum absolute atomic E-state index is 0.483. The number of unbranched alkanes of at least 4 members (excludes halogenated alkanes) is 1. The highest BCUT2D eigenvalue weighted by atomic mass is 32.2. The molecule has 0 spiro atoms. The predicted molar refractivity (Wildman–Crippen MR) is 61.4 cm³/mol. The summed E-state index contributed by atoms with van der Waals surface area (Å²) in [4.78, 5) is 20.4. The van der Waals surface area contributed by atoms with Gasteiger partial charge >= 0.3 is 11.9 Å². The molecule has 0 aliphatic heterocycles. The van der Waals surface area contributed by atoms with Crippen LogP contribution in [0.15, 0.2) is 0 Å². The van der Waals surface area contributed by atoms with Crippen LogP contribution in [0.3, 0.4) is 0 Å². The van der Waals surface area contributed by atoms with Gasteiger partial charge in [0.1, 0.15) is 0 Å². The van der Waals surface area contributed by atoms with E-state index in [1.54, 1.807) is 0 Å². The highest BCUT2D eigenvalue weighted by Gasteiger charge is 2.14. The van der Waals surface area contributed by atoms with E-state index in [1.807, 2.05) is 0 Å². The smallest absolute Gasteiger partial charge is 0.343 e. The molecule has 2 atom stereocenters. The fourth-order valence-electron chi connectivity index (χ4n) is 0.737. The number of hydrogen-bond donors (Lipinski definition) is 4. The van der Waals surface area contributed by atoms with Crippen LogP contribution in [0.2, 0.25) is 0 Å². The highest BCUT2D eigenvalue weighted by molar-refractivity contribution is 8.00. The zero-order valence-electron chi connectivity index (χ0n) is 8.40. The molecular formula is C8H14O6S2. The van der Waals surface area contributed by atoms with Crippen molar-refractivity contribution in [2.24, 2.45) is 0 Å². The van der Waals surface area contributed by atoms with Gasteiger partial charge in [0.15, 0.2) is 10.9 Å². The zero-order chi connectivity index (χ0) is 12.6. The summed E-state index contributed by atoms with van der Waals surface area (Å²) in [5.74, 6) is -1.56. The van der Waals surface area contributed by atoms with Gasteiger partial charge in [0, 0.05) is 0 Å². The normalized spacial score (nSPS) is 14.4. The van der Waals surface area contributed by atoms with Gasteiger partial charge in [0.25, 0.3) is 0 Å². The summed E-state index contributed by atoms with van der Waals surface area (Å²) in [5.41, 5.74) is -2.81. The number of aliphatic hydroxyl groups excluding tert-OH is 2. The summed E-state index contributed by atoms with van der Waals surface area (Å²) in [6.07, 6.45) is 1.32. The fourth-order valence-corrected chi connectivity index (χ4v) is 2.21. The van der Waals surface area contributed by atoms with Crippen LogP contribution in [0, 0.1) is 0 Å². The van der Waals surface area contributed by atoms with Crippen LogP contribution in [0.1, 0.15) is 12.8 Å². The molecule has 0 fully saturated rings. The molecule has 0 saturated carbocycles. The molecule has 0 aromatic heterocycles. The lowest BCUT2D eigenvalue weighted by atomic mass is 10.4. The molecule has 0 aromatic rings. The lowest BCUT2D eigenvalue weighted by molar-refractivity contribution is -0.142. The summed E-state index contributed by atoms with van der Waals surface area (Å²) in [6.45, 7) is 0. The maximum absolute atomic E-state index is 10.2. The van der Waals surface area contributed by atoms with E-state index >= 15 is 0 Å². The van der Waals surface area contributed by atoms with Crippen LogP contribution in [0.4, 0.5) is 0 Å². The van der Waals surface area contributed by atoms with Gasteiger partial charge in [-0.15, -0.1) is 23.5 Å². The van der Waals surface area contributed by atoms with E-state index in [9.17, 15) is 9.59 Å². The van der Waals surface area contributed by atoms with E-state index < -0.39 is 22.8 Å². The van der Waals surface area contributed by atoms with E-state index in [1.165, 1.54) is 0 Å². The van der Waals surface area contributed by atoms with Crippen LogP contribution in [0.25, 0.3) is 0 Å². The van der Waals surface area contributed by atoms with Crippen LogP contribution in [-0.4, -0.2) is 54.7 Å². The maximum Gasteiger partial charge on any atom is 0.343 e. The second-order valence-electron chi connectivity index (χ2n) is 2.83. The first-order valence-corrected chi connectivity index (χ1v) is 6.60. The molecule has 8 heteroatoms. The number of carbonyl (C=O) groups is 2. The van der Waals surface area contributed by atoms with E-state index in [2.05, 4.69) is 0 Å². The van der Waals surface area contributed by atoms with E-state index in [0.717, 1.165) is 23.5 Å². The average Bonchev–Trinajstić information content (AvgIpc) is 2.21. The quantitative estimate of drug-likeness (QED) is 0.343.